The number of carbonyl (C=O) groups is 1. The standard InChI is InChI=1S/C17H26N2O.ClH/c1-13-3-5-15(6-4-13)7-8-16-9-11-19(12-10-16)17(20)14(2)18;/h3-6,14,16H,7-12,18H2,1-2H3;1H. The first kappa shape index (κ1) is 18.0. The van der Waals surface area contributed by atoms with Gasteiger partial charge in [0.05, 0.1) is 6.04 Å². The monoisotopic (exact) mass is 310 g/mol. The largest absolute Gasteiger partial charge is 0.341 e. The molecule has 0 bridgehead atoms. The molecule has 1 amide bonds. The maximum Gasteiger partial charge on any atom is 0.239 e. The second-order valence-electron chi connectivity index (χ2n) is 6.08. The molecule has 4 heteroatoms. The lowest BCUT2D eigenvalue weighted by Crippen LogP contribution is -2.45. The van der Waals surface area contributed by atoms with Crippen molar-refractivity contribution in [1.29, 1.82) is 0 Å². The zero-order valence-corrected chi connectivity index (χ0v) is 13.9. The summed E-state index contributed by atoms with van der Waals surface area (Å²) in [5.41, 5.74) is 8.39. The maximum atomic E-state index is 11.8. The van der Waals surface area contributed by atoms with Crippen molar-refractivity contribution < 1.29 is 4.79 Å². The minimum atomic E-state index is -0.362. The van der Waals surface area contributed by atoms with Crippen molar-refractivity contribution in [2.24, 2.45) is 11.7 Å². The van der Waals surface area contributed by atoms with E-state index in [4.69, 9.17) is 5.73 Å². The molecular weight excluding hydrogens is 284 g/mol. The molecule has 2 rings (SSSR count). The van der Waals surface area contributed by atoms with Crippen molar-refractivity contribution in [3.05, 3.63) is 35.4 Å². The predicted molar refractivity (Wildman–Crippen MR) is 89.7 cm³/mol. The van der Waals surface area contributed by atoms with E-state index < -0.39 is 0 Å². The molecule has 3 nitrogen and oxygen atoms in total. The SMILES string of the molecule is Cc1ccc(CCC2CCN(C(=O)C(C)N)CC2)cc1.Cl. The molecule has 0 aliphatic carbocycles. The van der Waals surface area contributed by atoms with Gasteiger partial charge in [-0.1, -0.05) is 29.8 Å². The molecule has 0 aromatic heterocycles. The van der Waals surface area contributed by atoms with Gasteiger partial charge in [-0.05, 0) is 51.0 Å². The number of benzene rings is 1. The van der Waals surface area contributed by atoms with Crippen LogP contribution in [0.4, 0.5) is 0 Å². The van der Waals surface area contributed by atoms with Gasteiger partial charge in [0.25, 0.3) is 0 Å². The van der Waals surface area contributed by atoms with Gasteiger partial charge in [0.15, 0.2) is 0 Å². The van der Waals surface area contributed by atoms with Crippen LogP contribution in [0.15, 0.2) is 24.3 Å². The summed E-state index contributed by atoms with van der Waals surface area (Å²) in [7, 11) is 0. The normalized spacial score (nSPS) is 17.2. The summed E-state index contributed by atoms with van der Waals surface area (Å²) in [6.45, 7) is 5.64. The molecule has 118 valence electrons. The van der Waals surface area contributed by atoms with Gasteiger partial charge in [-0.15, -0.1) is 12.4 Å². The fourth-order valence-corrected chi connectivity index (χ4v) is 2.86. The van der Waals surface area contributed by atoms with Gasteiger partial charge >= 0.3 is 0 Å². The number of hydrogen-bond donors (Lipinski definition) is 1. The van der Waals surface area contributed by atoms with E-state index in [1.165, 1.54) is 17.5 Å². The highest BCUT2D eigenvalue weighted by atomic mass is 35.5. The van der Waals surface area contributed by atoms with Gasteiger partial charge in [-0.25, -0.2) is 0 Å². The van der Waals surface area contributed by atoms with Gasteiger partial charge in [-0.2, -0.15) is 0 Å². The summed E-state index contributed by atoms with van der Waals surface area (Å²) in [5.74, 6) is 0.843. The maximum absolute atomic E-state index is 11.8. The quantitative estimate of drug-likeness (QED) is 0.929. The third-order valence-electron chi connectivity index (χ3n) is 4.28. The highest BCUT2D eigenvalue weighted by Gasteiger charge is 2.24. The van der Waals surface area contributed by atoms with Crippen molar-refractivity contribution >= 4 is 18.3 Å². The van der Waals surface area contributed by atoms with Crippen molar-refractivity contribution in [3.63, 3.8) is 0 Å². The first-order valence-corrected chi connectivity index (χ1v) is 7.66. The van der Waals surface area contributed by atoms with E-state index >= 15 is 0 Å². The molecule has 1 saturated heterocycles. The van der Waals surface area contributed by atoms with Crippen molar-refractivity contribution in [2.45, 2.75) is 45.6 Å². The van der Waals surface area contributed by atoms with E-state index in [2.05, 4.69) is 31.2 Å². The topological polar surface area (TPSA) is 46.3 Å². The average Bonchev–Trinajstić information content (AvgIpc) is 2.46. The fourth-order valence-electron chi connectivity index (χ4n) is 2.86. The van der Waals surface area contributed by atoms with Gasteiger partial charge in [0, 0.05) is 13.1 Å². The molecule has 2 N–H and O–H groups in total. The van der Waals surface area contributed by atoms with Crippen LogP contribution in [0, 0.1) is 12.8 Å². The Bertz CT molecular complexity index is 437. The van der Waals surface area contributed by atoms with E-state index in [9.17, 15) is 4.79 Å². The lowest BCUT2D eigenvalue weighted by Gasteiger charge is -2.33. The molecule has 1 atom stereocenters. The van der Waals surface area contributed by atoms with E-state index in [0.29, 0.717) is 0 Å². The van der Waals surface area contributed by atoms with Crippen LogP contribution in [-0.4, -0.2) is 29.9 Å². The van der Waals surface area contributed by atoms with Crippen LogP contribution in [-0.2, 0) is 11.2 Å². The number of hydrogen-bond acceptors (Lipinski definition) is 2. The summed E-state index contributed by atoms with van der Waals surface area (Å²) in [6, 6.07) is 8.45. The fraction of sp³-hybridized carbons (Fsp3) is 0.588. The van der Waals surface area contributed by atoms with E-state index in [1.807, 2.05) is 4.90 Å². The molecule has 1 fully saturated rings. The van der Waals surface area contributed by atoms with E-state index in [0.717, 1.165) is 38.3 Å². The highest BCUT2D eigenvalue weighted by Crippen LogP contribution is 2.22. The third-order valence-corrected chi connectivity index (χ3v) is 4.28. The molecule has 0 spiro atoms. The summed E-state index contributed by atoms with van der Waals surface area (Å²) >= 11 is 0. The smallest absolute Gasteiger partial charge is 0.239 e. The molecule has 1 aromatic carbocycles. The zero-order valence-electron chi connectivity index (χ0n) is 13.0. The van der Waals surface area contributed by atoms with Crippen LogP contribution in [0.3, 0.4) is 0 Å². The Morgan fingerprint density at radius 1 is 1.29 bits per heavy atom. The Hall–Kier alpha value is -1.06. The van der Waals surface area contributed by atoms with Crippen LogP contribution in [0.5, 0.6) is 0 Å². The lowest BCUT2D eigenvalue weighted by molar-refractivity contribution is -0.133. The third kappa shape index (κ3) is 5.33. The molecule has 1 aromatic rings. The van der Waals surface area contributed by atoms with Crippen LogP contribution < -0.4 is 5.73 Å². The number of halogens is 1. The zero-order chi connectivity index (χ0) is 14.5. The number of carbonyl (C=O) groups excluding carboxylic acids is 1. The van der Waals surface area contributed by atoms with Crippen molar-refractivity contribution in [3.8, 4) is 0 Å². The number of amides is 1. The van der Waals surface area contributed by atoms with E-state index in [1.54, 1.807) is 6.92 Å². The Balaban J connectivity index is 0.00000220. The molecular formula is C17H27ClN2O. The van der Waals surface area contributed by atoms with Crippen molar-refractivity contribution in [1.82, 2.24) is 4.90 Å². The molecule has 1 aliphatic rings. The number of nitrogens with zero attached hydrogens (tertiary/aromatic N) is 1. The minimum absolute atomic E-state index is 0. The number of rotatable bonds is 4. The summed E-state index contributed by atoms with van der Waals surface area (Å²) in [6.07, 6.45) is 4.60. The Kier molecular flexibility index (Phi) is 7.20. The second kappa shape index (κ2) is 8.40. The summed E-state index contributed by atoms with van der Waals surface area (Å²) in [5, 5.41) is 0. The molecule has 1 aliphatic heterocycles. The molecule has 21 heavy (non-hydrogen) atoms. The average molecular weight is 311 g/mol. The van der Waals surface area contributed by atoms with Crippen LogP contribution in [0.1, 0.15) is 37.3 Å². The highest BCUT2D eigenvalue weighted by molar-refractivity contribution is 5.85. The molecule has 1 unspecified atom stereocenters. The van der Waals surface area contributed by atoms with Gasteiger partial charge in [-0.3, -0.25) is 4.79 Å². The van der Waals surface area contributed by atoms with Crippen LogP contribution in [0.25, 0.3) is 0 Å². The van der Waals surface area contributed by atoms with E-state index in [-0.39, 0.29) is 24.4 Å². The minimum Gasteiger partial charge on any atom is -0.341 e. The Morgan fingerprint density at radius 3 is 2.38 bits per heavy atom. The van der Waals surface area contributed by atoms with Gasteiger partial charge in [0.2, 0.25) is 5.91 Å². The first-order chi connectivity index (χ1) is 9.56. The van der Waals surface area contributed by atoms with Crippen LogP contribution >= 0.6 is 12.4 Å². The number of nitrogens with two attached hydrogens (primary N) is 1. The summed E-state index contributed by atoms with van der Waals surface area (Å²) < 4.78 is 0. The molecule has 0 saturated carbocycles. The number of likely N-dealkylation sites (tertiary alicyclic amines) is 1. The van der Waals surface area contributed by atoms with Gasteiger partial charge in [0.1, 0.15) is 0 Å². The number of piperidine rings is 1. The lowest BCUT2D eigenvalue weighted by atomic mass is 9.90. The number of aryl methyl sites for hydroxylation is 2. The molecule has 0 radical (unpaired) electrons. The van der Waals surface area contributed by atoms with Crippen LogP contribution in [0.2, 0.25) is 0 Å². The molecule has 1 heterocycles. The second-order valence-corrected chi connectivity index (χ2v) is 6.08. The first-order valence-electron chi connectivity index (χ1n) is 7.66. The predicted octanol–water partition coefficient (Wildman–Crippen LogP) is 2.94. The Labute approximate surface area is 134 Å². The van der Waals surface area contributed by atoms with Gasteiger partial charge < -0.3 is 10.6 Å². The Morgan fingerprint density at radius 2 is 1.86 bits per heavy atom. The van der Waals surface area contributed by atoms with Crippen molar-refractivity contribution in [2.75, 3.05) is 13.1 Å². The summed E-state index contributed by atoms with van der Waals surface area (Å²) in [4.78, 5) is 13.7.